The Morgan fingerprint density at radius 2 is 1.35 bits per heavy atom. The van der Waals surface area contributed by atoms with Crippen molar-refractivity contribution in [3.8, 4) is 11.1 Å². The lowest BCUT2D eigenvalue weighted by Gasteiger charge is -2.36. The number of para-hydroxylation sites is 1. The molecule has 234 valence electrons. The van der Waals surface area contributed by atoms with Crippen molar-refractivity contribution >= 4 is 77.5 Å². The standard InChI is InChI=1S/C46H34N2S/c1-2-11-31(12-3-1)32-15-10-16-37(27-32)47(38-25-26-41-40-18-7-9-20-45(40)49-46(41)30-38)35-21-23-36(24-22-35)48-43-19-8-6-17-39(43)42-28-33-13-4-5-14-34(33)29-44(42)48/h1-21,23,26-30,38H,22,24-25H2. The molecule has 49 heavy (non-hydrogen) atoms. The van der Waals surface area contributed by atoms with Crippen LogP contribution in [0, 0.1) is 0 Å². The molecule has 2 aromatic heterocycles. The monoisotopic (exact) mass is 646 g/mol. The molecule has 0 saturated heterocycles. The predicted molar refractivity (Wildman–Crippen MR) is 211 cm³/mol. The number of benzene rings is 6. The molecule has 2 heterocycles. The first kappa shape index (κ1) is 28.4. The van der Waals surface area contributed by atoms with Gasteiger partial charge in [0.15, 0.2) is 0 Å². The van der Waals surface area contributed by atoms with E-state index in [1.807, 2.05) is 11.3 Å². The Labute approximate surface area is 289 Å². The third-order valence-electron chi connectivity index (χ3n) is 10.4. The first-order chi connectivity index (χ1) is 24.3. The summed E-state index contributed by atoms with van der Waals surface area (Å²) in [6.45, 7) is 0. The normalized spacial score (nSPS) is 15.9. The summed E-state index contributed by atoms with van der Waals surface area (Å²) in [5, 5.41) is 7.96. The molecule has 1 atom stereocenters. The van der Waals surface area contributed by atoms with Crippen LogP contribution in [-0.4, -0.2) is 10.6 Å². The van der Waals surface area contributed by atoms with Crippen LogP contribution in [0.25, 0.3) is 71.6 Å². The second-order valence-corrected chi connectivity index (χ2v) is 14.3. The average molecular weight is 647 g/mol. The zero-order valence-electron chi connectivity index (χ0n) is 27.1. The number of thiophene rings is 1. The fourth-order valence-electron chi connectivity index (χ4n) is 8.08. The van der Waals surface area contributed by atoms with Gasteiger partial charge in [0.2, 0.25) is 0 Å². The minimum absolute atomic E-state index is 0.229. The Kier molecular flexibility index (Phi) is 6.66. The SMILES string of the molecule is C1=C(N(c2cccc(-c3ccccc3)c2)C2C=c3sc4ccccc4c3=CC2)CCC(n2c3ccccc3c3cc4ccccc4cc32)=C1. The van der Waals surface area contributed by atoms with Crippen LogP contribution in [0.15, 0.2) is 157 Å². The summed E-state index contributed by atoms with van der Waals surface area (Å²) in [5.41, 5.74) is 8.99. The van der Waals surface area contributed by atoms with E-state index in [2.05, 4.69) is 173 Å². The average Bonchev–Trinajstić information content (AvgIpc) is 3.70. The minimum atomic E-state index is 0.229. The number of hydrogen-bond donors (Lipinski definition) is 0. The van der Waals surface area contributed by atoms with Crippen molar-refractivity contribution in [1.29, 1.82) is 0 Å². The van der Waals surface area contributed by atoms with Crippen LogP contribution in [-0.2, 0) is 0 Å². The minimum Gasteiger partial charge on any atom is -0.338 e. The molecule has 0 bridgehead atoms. The van der Waals surface area contributed by atoms with Crippen LogP contribution < -0.4 is 14.7 Å². The lowest BCUT2D eigenvalue weighted by molar-refractivity contribution is 0.754. The van der Waals surface area contributed by atoms with Gasteiger partial charge in [0.25, 0.3) is 0 Å². The quantitative estimate of drug-likeness (QED) is 0.181. The lowest BCUT2D eigenvalue weighted by Crippen LogP contribution is -2.38. The summed E-state index contributed by atoms with van der Waals surface area (Å²) >= 11 is 1.92. The van der Waals surface area contributed by atoms with E-state index >= 15 is 0 Å². The summed E-state index contributed by atoms with van der Waals surface area (Å²) in [6.07, 6.45) is 12.7. The van der Waals surface area contributed by atoms with Crippen LogP contribution >= 0.6 is 11.3 Å². The molecule has 0 fully saturated rings. The second kappa shape index (κ2) is 11.5. The first-order valence-corrected chi connectivity index (χ1v) is 18.1. The molecule has 0 N–H and O–H groups in total. The van der Waals surface area contributed by atoms with E-state index in [0.29, 0.717) is 0 Å². The van der Waals surface area contributed by atoms with E-state index in [9.17, 15) is 0 Å². The fraction of sp³-hybridized carbons (Fsp3) is 0.0870. The molecule has 2 nitrogen and oxygen atoms in total. The summed E-state index contributed by atoms with van der Waals surface area (Å²) < 4.78 is 5.25. The van der Waals surface area contributed by atoms with E-state index in [0.717, 1.165) is 19.3 Å². The molecular weight excluding hydrogens is 613 g/mol. The Morgan fingerprint density at radius 1 is 0.592 bits per heavy atom. The van der Waals surface area contributed by atoms with Crippen molar-refractivity contribution in [3.05, 3.63) is 167 Å². The van der Waals surface area contributed by atoms with Crippen molar-refractivity contribution in [2.24, 2.45) is 0 Å². The molecule has 6 aromatic carbocycles. The summed E-state index contributed by atoms with van der Waals surface area (Å²) in [6, 6.07) is 51.3. The number of aromatic nitrogens is 1. The zero-order chi connectivity index (χ0) is 32.3. The van der Waals surface area contributed by atoms with Gasteiger partial charge in [0.05, 0.1) is 17.1 Å². The number of rotatable bonds is 5. The molecule has 2 aliphatic rings. The van der Waals surface area contributed by atoms with Crippen LogP contribution in [0.3, 0.4) is 0 Å². The van der Waals surface area contributed by atoms with Crippen LogP contribution in [0.4, 0.5) is 5.69 Å². The van der Waals surface area contributed by atoms with Crippen molar-refractivity contribution in [2.75, 3.05) is 4.90 Å². The Hall–Kier alpha value is -5.64. The summed E-state index contributed by atoms with van der Waals surface area (Å²) in [4.78, 5) is 2.61. The van der Waals surface area contributed by atoms with E-state index in [-0.39, 0.29) is 6.04 Å². The highest BCUT2D eigenvalue weighted by molar-refractivity contribution is 7.17. The highest BCUT2D eigenvalue weighted by Crippen LogP contribution is 2.39. The maximum Gasteiger partial charge on any atom is 0.0570 e. The highest BCUT2D eigenvalue weighted by Gasteiger charge is 2.25. The van der Waals surface area contributed by atoms with E-state index < -0.39 is 0 Å². The van der Waals surface area contributed by atoms with Gasteiger partial charge in [0.1, 0.15) is 0 Å². The molecule has 0 amide bonds. The first-order valence-electron chi connectivity index (χ1n) is 17.2. The van der Waals surface area contributed by atoms with Gasteiger partial charge >= 0.3 is 0 Å². The smallest absolute Gasteiger partial charge is 0.0570 e. The van der Waals surface area contributed by atoms with Crippen LogP contribution in [0.2, 0.25) is 0 Å². The molecule has 8 aromatic rings. The molecule has 2 aliphatic carbocycles. The van der Waals surface area contributed by atoms with E-state index in [1.54, 1.807) is 0 Å². The number of fused-ring (bicyclic) bond motifs is 7. The Morgan fingerprint density at radius 3 is 2.20 bits per heavy atom. The molecule has 0 aliphatic heterocycles. The second-order valence-electron chi connectivity index (χ2n) is 13.2. The maximum atomic E-state index is 2.61. The molecule has 0 spiro atoms. The predicted octanol–water partition coefficient (Wildman–Crippen LogP) is 10.9. The van der Waals surface area contributed by atoms with Gasteiger partial charge in [-0.3, -0.25) is 0 Å². The van der Waals surface area contributed by atoms with Gasteiger partial charge in [-0.2, -0.15) is 0 Å². The topological polar surface area (TPSA) is 8.17 Å². The largest absolute Gasteiger partial charge is 0.338 e. The van der Waals surface area contributed by atoms with Gasteiger partial charge in [-0.1, -0.05) is 109 Å². The fourth-order valence-corrected chi connectivity index (χ4v) is 9.28. The molecule has 0 radical (unpaired) electrons. The number of hydrogen-bond acceptors (Lipinski definition) is 2. The lowest BCUT2D eigenvalue weighted by atomic mass is 9.98. The van der Waals surface area contributed by atoms with Gasteiger partial charge in [-0.15, -0.1) is 11.3 Å². The van der Waals surface area contributed by atoms with Gasteiger partial charge < -0.3 is 9.47 Å². The number of nitrogens with zero attached hydrogens (tertiary/aromatic N) is 2. The van der Waals surface area contributed by atoms with Crippen LogP contribution in [0.1, 0.15) is 19.3 Å². The molecule has 0 saturated carbocycles. The molecule has 3 heteroatoms. The summed E-state index contributed by atoms with van der Waals surface area (Å²) in [7, 11) is 0. The summed E-state index contributed by atoms with van der Waals surface area (Å²) in [5.74, 6) is 0. The molecule has 1 unspecified atom stereocenters. The maximum absolute atomic E-state index is 2.61. The Balaban J connectivity index is 1.12. The molecular formula is C46H34N2S. The highest BCUT2D eigenvalue weighted by atomic mass is 32.1. The van der Waals surface area contributed by atoms with Crippen LogP contribution in [0.5, 0.6) is 0 Å². The Bertz CT molecular complexity index is 2760. The van der Waals surface area contributed by atoms with E-state index in [1.165, 1.54) is 80.6 Å². The van der Waals surface area contributed by atoms with Gasteiger partial charge in [0, 0.05) is 37.1 Å². The molecule has 10 rings (SSSR count). The number of allylic oxidation sites excluding steroid dienone is 4. The van der Waals surface area contributed by atoms with Crippen molar-refractivity contribution < 1.29 is 0 Å². The zero-order valence-corrected chi connectivity index (χ0v) is 27.9. The van der Waals surface area contributed by atoms with Crippen molar-refractivity contribution in [1.82, 2.24) is 4.57 Å². The van der Waals surface area contributed by atoms with Crippen molar-refractivity contribution in [3.63, 3.8) is 0 Å². The van der Waals surface area contributed by atoms with Crippen molar-refractivity contribution in [2.45, 2.75) is 25.3 Å². The van der Waals surface area contributed by atoms with Gasteiger partial charge in [-0.25, -0.2) is 0 Å². The van der Waals surface area contributed by atoms with Gasteiger partial charge in [-0.05, 0) is 106 Å². The van der Waals surface area contributed by atoms with E-state index in [4.69, 9.17) is 0 Å². The number of anilines is 1. The third-order valence-corrected chi connectivity index (χ3v) is 11.5. The third kappa shape index (κ3) is 4.76.